The van der Waals surface area contributed by atoms with E-state index in [1.165, 1.54) is 11.8 Å². The molecule has 35 heavy (non-hydrogen) atoms. The lowest BCUT2D eigenvalue weighted by atomic mass is 10.1. The molecular formula is C23H33N5O6S. The minimum Gasteiger partial charge on any atom is -0.497 e. The number of ether oxygens (including phenoxy) is 2. The van der Waals surface area contributed by atoms with Crippen molar-refractivity contribution in [2.24, 2.45) is 7.05 Å². The molecule has 2 amide bonds. The first-order chi connectivity index (χ1) is 16.6. The Morgan fingerprint density at radius 2 is 1.80 bits per heavy atom. The Bertz CT molecular complexity index is 1150. The van der Waals surface area contributed by atoms with Crippen molar-refractivity contribution in [3.05, 3.63) is 35.7 Å². The molecule has 1 aromatic heterocycles. The van der Waals surface area contributed by atoms with E-state index in [0.29, 0.717) is 55.4 Å². The molecule has 1 aliphatic rings. The van der Waals surface area contributed by atoms with Crippen molar-refractivity contribution in [1.29, 1.82) is 0 Å². The summed E-state index contributed by atoms with van der Waals surface area (Å²) in [6.07, 6.45) is 0.748. The van der Waals surface area contributed by atoms with Crippen molar-refractivity contribution in [2.75, 3.05) is 37.7 Å². The van der Waals surface area contributed by atoms with Crippen molar-refractivity contribution >= 4 is 27.7 Å². The second kappa shape index (κ2) is 11.0. The van der Waals surface area contributed by atoms with Gasteiger partial charge in [-0.25, -0.2) is 13.2 Å². The molecule has 1 fully saturated rings. The molecule has 2 aromatic rings. The second-order valence-corrected chi connectivity index (χ2v) is 10.2. The van der Waals surface area contributed by atoms with Crippen molar-refractivity contribution in [3.8, 4) is 5.75 Å². The lowest BCUT2D eigenvalue weighted by Gasteiger charge is -2.32. The Labute approximate surface area is 206 Å². The summed E-state index contributed by atoms with van der Waals surface area (Å²) in [5.41, 5.74) is 1.17. The number of amides is 2. The third-order valence-corrected chi connectivity index (χ3v) is 8.05. The molecule has 3 rings (SSSR count). The Morgan fingerprint density at radius 3 is 2.31 bits per heavy atom. The minimum absolute atomic E-state index is 0.0753. The van der Waals surface area contributed by atoms with Gasteiger partial charge in [-0.05, 0) is 57.9 Å². The number of nitrogens with one attached hydrogen (secondary N) is 1. The van der Waals surface area contributed by atoms with Gasteiger partial charge in [0.2, 0.25) is 5.91 Å². The average molecular weight is 508 g/mol. The normalized spacial score (nSPS) is 14.5. The molecule has 0 atom stereocenters. The first-order valence-electron chi connectivity index (χ1n) is 11.5. The zero-order chi connectivity index (χ0) is 25.8. The summed E-state index contributed by atoms with van der Waals surface area (Å²) < 4.78 is 40.3. The number of aromatic nitrogens is 2. The summed E-state index contributed by atoms with van der Waals surface area (Å²) >= 11 is 0. The smallest absolute Gasteiger partial charge is 0.409 e. The molecule has 1 N–H and O–H groups in total. The highest BCUT2D eigenvalue weighted by Crippen LogP contribution is 2.29. The highest BCUT2D eigenvalue weighted by Gasteiger charge is 2.33. The van der Waals surface area contributed by atoms with E-state index in [-0.39, 0.29) is 17.0 Å². The third kappa shape index (κ3) is 5.87. The molecule has 12 heteroatoms. The molecule has 2 heterocycles. The highest BCUT2D eigenvalue weighted by atomic mass is 32.2. The predicted octanol–water partition coefficient (Wildman–Crippen LogP) is 1.98. The summed E-state index contributed by atoms with van der Waals surface area (Å²) in [7, 11) is -0.902. The summed E-state index contributed by atoms with van der Waals surface area (Å²) in [6.45, 7) is 5.88. The number of likely N-dealkylation sites (tertiary alicyclic amines) is 1. The van der Waals surface area contributed by atoms with Gasteiger partial charge in [-0.2, -0.15) is 5.10 Å². The third-order valence-electron chi connectivity index (χ3n) is 6.02. The fraction of sp³-hybridized carbons (Fsp3) is 0.522. The standard InChI is InChI=1S/C23H33N5O6S/c1-6-34-23(30)27-13-11-18(12-14-27)24-21(29)15-28(19-7-9-20(33-5)10-8-19)35(31,32)22-16(2)25-26(4)17(22)3/h7-10,18H,6,11-15H2,1-5H3,(H,24,29). The number of carbonyl (C=O) groups is 2. The largest absolute Gasteiger partial charge is 0.497 e. The van der Waals surface area contributed by atoms with E-state index in [0.717, 1.165) is 4.31 Å². The zero-order valence-corrected chi connectivity index (χ0v) is 21.6. The van der Waals surface area contributed by atoms with Gasteiger partial charge in [-0.3, -0.25) is 13.8 Å². The number of piperidine rings is 1. The molecule has 0 spiro atoms. The van der Waals surface area contributed by atoms with E-state index in [2.05, 4.69) is 10.4 Å². The van der Waals surface area contributed by atoms with Crippen LogP contribution in [0.2, 0.25) is 0 Å². The Morgan fingerprint density at radius 1 is 1.17 bits per heavy atom. The molecule has 192 valence electrons. The van der Waals surface area contributed by atoms with Crippen LogP contribution >= 0.6 is 0 Å². The van der Waals surface area contributed by atoms with Gasteiger partial charge in [0.15, 0.2) is 0 Å². The van der Waals surface area contributed by atoms with Gasteiger partial charge in [-0.15, -0.1) is 0 Å². The maximum atomic E-state index is 13.8. The van der Waals surface area contributed by atoms with Crippen LogP contribution in [-0.2, 0) is 26.6 Å². The van der Waals surface area contributed by atoms with E-state index in [9.17, 15) is 18.0 Å². The number of aryl methyl sites for hydroxylation is 2. The lowest BCUT2D eigenvalue weighted by Crippen LogP contribution is -2.49. The van der Waals surface area contributed by atoms with E-state index in [1.54, 1.807) is 57.0 Å². The topological polar surface area (TPSA) is 123 Å². The van der Waals surface area contributed by atoms with E-state index >= 15 is 0 Å². The van der Waals surface area contributed by atoms with Gasteiger partial charge < -0.3 is 19.7 Å². The molecule has 1 saturated heterocycles. The van der Waals surface area contributed by atoms with E-state index in [1.807, 2.05) is 0 Å². The number of anilines is 1. The number of hydrogen-bond donors (Lipinski definition) is 1. The summed E-state index contributed by atoms with van der Waals surface area (Å²) in [5, 5.41) is 7.16. The molecule has 1 aliphatic heterocycles. The second-order valence-electron chi connectivity index (χ2n) is 8.36. The van der Waals surface area contributed by atoms with Crippen molar-refractivity contribution in [1.82, 2.24) is 20.0 Å². The summed E-state index contributed by atoms with van der Waals surface area (Å²) in [5.74, 6) is 0.135. The number of hydrogen-bond acceptors (Lipinski definition) is 7. The van der Waals surface area contributed by atoms with Crippen molar-refractivity contribution < 1.29 is 27.5 Å². The molecule has 1 aromatic carbocycles. The average Bonchev–Trinajstić information content (AvgIpc) is 3.09. The number of methoxy groups -OCH3 is 1. The molecule has 0 unspecified atom stereocenters. The number of rotatable bonds is 8. The Kier molecular flexibility index (Phi) is 8.26. The SMILES string of the molecule is CCOC(=O)N1CCC(NC(=O)CN(c2ccc(OC)cc2)S(=O)(=O)c2c(C)nn(C)c2C)CC1. The van der Waals surface area contributed by atoms with Crippen molar-refractivity contribution in [2.45, 2.75) is 44.6 Å². The van der Waals surface area contributed by atoms with Crippen LogP contribution in [0.25, 0.3) is 0 Å². The summed E-state index contributed by atoms with van der Waals surface area (Å²) in [6, 6.07) is 6.31. The van der Waals surface area contributed by atoms with E-state index in [4.69, 9.17) is 9.47 Å². The van der Waals surface area contributed by atoms with Crippen molar-refractivity contribution in [3.63, 3.8) is 0 Å². The van der Waals surface area contributed by atoms with Crippen LogP contribution in [0, 0.1) is 13.8 Å². The van der Waals surface area contributed by atoms with Crippen LogP contribution in [0.3, 0.4) is 0 Å². The van der Waals surface area contributed by atoms with Gasteiger partial charge in [0.1, 0.15) is 17.2 Å². The number of benzene rings is 1. The first-order valence-corrected chi connectivity index (χ1v) is 12.9. The van der Waals surface area contributed by atoms with Crippen LogP contribution in [0.5, 0.6) is 5.75 Å². The summed E-state index contributed by atoms with van der Waals surface area (Å²) in [4.78, 5) is 26.6. The monoisotopic (exact) mass is 507 g/mol. The van der Waals surface area contributed by atoms with E-state index < -0.39 is 22.5 Å². The molecule has 0 saturated carbocycles. The lowest BCUT2D eigenvalue weighted by molar-refractivity contribution is -0.120. The fourth-order valence-electron chi connectivity index (χ4n) is 4.13. The molecule has 0 aliphatic carbocycles. The molecular weight excluding hydrogens is 474 g/mol. The molecule has 0 bridgehead atoms. The van der Waals surface area contributed by atoms with Gasteiger partial charge in [0.25, 0.3) is 10.0 Å². The maximum Gasteiger partial charge on any atom is 0.409 e. The van der Waals surface area contributed by atoms with Crippen LogP contribution in [0.15, 0.2) is 29.2 Å². The fourth-order valence-corrected chi connectivity index (χ4v) is 5.95. The minimum atomic E-state index is -4.10. The predicted molar refractivity (Wildman–Crippen MR) is 130 cm³/mol. The Hall–Kier alpha value is -3.28. The Balaban J connectivity index is 1.80. The number of nitrogens with zero attached hydrogens (tertiary/aromatic N) is 4. The first kappa shape index (κ1) is 26.3. The number of carbonyl (C=O) groups excluding carboxylic acids is 2. The molecule has 0 radical (unpaired) electrons. The molecule has 11 nitrogen and oxygen atoms in total. The quantitative estimate of drug-likeness (QED) is 0.580. The maximum absolute atomic E-state index is 13.8. The zero-order valence-electron chi connectivity index (χ0n) is 20.8. The van der Waals surface area contributed by atoms with Crippen LogP contribution in [0.4, 0.5) is 10.5 Å². The van der Waals surface area contributed by atoms with Crippen LogP contribution in [0.1, 0.15) is 31.2 Å². The van der Waals surface area contributed by atoms with Gasteiger partial charge in [0, 0.05) is 26.2 Å². The van der Waals surface area contributed by atoms with Crippen LogP contribution < -0.4 is 14.4 Å². The highest BCUT2D eigenvalue weighted by molar-refractivity contribution is 7.93. The van der Waals surface area contributed by atoms with Gasteiger partial charge >= 0.3 is 6.09 Å². The van der Waals surface area contributed by atoms with Crippen LogP contribution in [-0.4, -0.2) is 74.5 Å². The van der Waals surface area contributed by atoms with Gasteiger partial charge in [0.05, 0.1) is 30.8 Å². The number of sulfonamides is 1. The van der Waals surface area contributed by atoms with Gasteiger partial charge in [-0.1, -0.05) is 0 Å².